The molecule has 0 aliphatic heterocycles. The molecule has 0 atom stereocenters. The fraction of sp³-hybridized carbons (Fsp3) is 0.600. The average molecular weight is 231 g/mol. The predicted molar refractivity (Wildman–Crippen MR) is 57.1 cm³/mol. The van der Waals surface area contributed by atoms with Crippen LogP contribution in [0.3, 0.4) is 0 Å². The van der Waals surface area contributed by atoms with Crippen LogP contribution >= 0.6 is 0 Å². The lowest BCUT2D eigenvalue weighted by atomic mass is 10.3. The van der Waals surface area contributed by atoms with Crippen LogP contribution in [0.15, 0.2) is 12.7 Å². The number of aliphatic carboxylic acids is 1. The van der Waals surface area contributed by atoms with Gasteiger partial charge in [0.15, 0.2) is 0 Å². The Morgan fingerprint density at radius 2 is 2.06 bits per heavy atom. The van der Waals surface area contributed by atoms with Crippen molar-refractivity contribution in [1.82, 2.24) is 4.90 Å². The van der Waals surface area contributed by atoms with E-state index >= 15 is 0 Å². The maximum Gasteiger partial charge on any atom is 0.410 e. The Labute approximate surface area is 94.1 Å². The number of amides is 1. The van der Waals surface area contributed by atoms with E-state index in [-0.39, 0.29) is 32.7 Å². The van der Waals surface area contributed by atoms with Crippen LogP contribution in [0.25, 0.3) is 0 Å². The van der Waals surface area contributed by atoms with E-state index in [0.717, 1.165) is 0 Å². The Morgan fingerprint density at radius 1 is 1.38 bits per heavy atom. The number of carboxylic acids is 1. The largest absolute Gasteiger partial charge is 0.481 e. The Balaban J connectivity index is 3.98. The highest BCUT2D eigenvalue weighted by Gasteiger charge is 2.13. The first-order valence-corrected chi connectivity index (χ1v) is 4.97. The highest BCUT2D eigenvalue weighted by molar-refractivity contribution is 5.68. The Hall–Kier alpha value is -1.56. The second-order valence-electron chi connectivity index (χ2n) is 3.07. The molecule has 0 aliphatic carbocycles. The molecule has 92 valence electrons. The van der Waals surface area contributed by atoms with Crippen LogP contribution < -0.4 is 0 Å². The lowest BCUT2D eigenvalue weighted by Crippen LogP contribution is -2.35. The molecule has 0 bridgehead atoms. The molecule has 0 aromatic carbocycles. The molecule has 0 radical (unpaired) electrons. The number of hydrogen-bond acceptors (Lipinski definition) is 4. The number of aliphatic hydroxyl groups is 1. The van der Waals surface area contributed by atoms with Gasteiger partial charge < -0.3 is 19.8 Å². The summed E-state index contributed by atoms with van der Waals surface area (Å²) in [7, 11) is 0. The van der Waals surface area contributed by atoms with E-state index in [1.54, 1.807) is 0 Å². The molecule has 0 saturated heterocycles. The van der Waals surface area contributed by atoms with E-state index in [9.17, 15) is 9.59 Å². The van der Waals surface area contributed by atoms with Gasteiger partial charge in [-0.3, -0.25) is 4.79 Å². The van der Waals surface area contributed by atoms with Crippen LogP contribution in [0.2, 0.25) is 0 Å². The molecule has 0 fully saturated rings. The number of rotatable bonds is 8. The van der Waals surface area contributed by atoms with E-state index in [0.29, 0.717) is 6.42 Å². The van der Waals surface area contributed by atoms with Crippen molar-refractivity contribution in [2.75, 3.05) is 26.3 Å². The van der Waals surface area contributed by atoms with Crippen LogP contribution in [0, 0.1) is 0 Å². The van der Waals surface area contributed by atoms with Gasteiger partial charge in [0, 0.05) is 19.5 Å². The molecule has 2 N–H and O–H groups in total. The smallest absolute Gasteiger partial charge is 0.410 e. The third-order valence-electron chi connectivity index (χ3n) is 1.77. The number of ether oxygens (including phenoxy) is 1. The van der Waals surface area contributed by atoms with Gasteiger partial charge in [-0.1, -0.05) is 12.7 Å². The van der Waals surface area contributed by atoms with Crippen molar-refractivity contribution in [2.45, 2.75) is 12.8 Å². The molecule has 6 heteroatoms. The number of carbonyl (C=O) groups is 2. The standard InChI is InChI=1S/C10H17NO5/c1-2-8-16-10(15)11(6-7-12)5-3-4-9(13)14/h2,12H,1,3-8H2,(H,13,14). The minimum absolute atomic E-state index is 0.0172. The fourth-order valence-electron chi connectivity index (χ4n) is 1.06. The van der Waals surface area contributed by atoms with Gasteiger partial charge in [0.05, 0.1) is 6.61 Å². The fourth-order valence-corrected chi connectivity index (χ4v) is 1.06. The second kappa shape index (κ2) is 8.72. The summed E-state index contributed by atoms with van der Waals surface area (Å²) in [4.78, 5) is 22.9. The first-order valence-electron chi connectivity index (χ1n) is 4.97. The Bertz CT molecular complexity index is 241. The first-order chi connectivity index (χ1) is 7.61. The highest BCUT2D eigenvalue weighted by Crippen LogP contribution is 1.99. The van der Waals surface area contributed by atoms with Crippen molar-refractivity contribution in [2.24, 2.45) is 0 Å². The minimum Gasteiger partial charge on any atom is -0.481 e. The van der Waals surface area contributed by atoms with Gasteiger partial charge in [0.25, 0.3) is 0 Å². The van der Waals surface area contributed by atoms with Crippen molar-refractivity contribution in [1.29, 1.82) is 0 Å². The van der Waals surface area contributed by atoms with Gasteiger partial charge in [-0.25, -0.2) is 4.79 Å². The number of carboxylic acid groups (broad SMARTS) is 1. The molecule has 0 aromatic rings. The minimum atomic E-state index is -0.914. The molecule has 0 saturated carbocycles. The topological polar surface area (TPSA) is 87.1 Å². The number of carbonyl (C=O) groups excluding carboxylic acids is 1. The van der Waals surface area contributed by atoms with E-state index < -0.39 is 12.1 Å². The molecular formula is C10H17NO5. The van der Waals surface area contributed by atoms with Gasteiger partial charge in [-0.15, -0.1) is 0 Å². The lowest BCUT2D eigenvalue weighted by Gasteiger charge is -2.20. The SMILES string of the molecule is C=CCOC(=O)N(CCO)CCCC(=O)O. The van der Waals surface area contributed by atoms with E-state index in [4.69, 9.17) is 14.9 Å². The van der Waals surface area contributed by atoms with Crippen molar-refractivity contribution in [3.63, 3.8) is 0 Å². The van der Waals surface area contributed by atoms with Crippen LogP contribution in [0.1, 0.15) is 12.8 Å². The third kappa shape index (κ3) is 6.83. The Kier molecular flexibility index (Phi) is 7.87. The monoisotopic (exact) mass is 231 g/mol. The maximum atomic E-state index is 11.4. The van der Waals surface area contributed by atoms with E-state index in [2.05, 4.69) is 6.58 Å². The zero-order valence-corrected chi connectivity index (χ0v) is 9.09. The molecule has 16 heavy (non-hydrogen) atoms. The van der Waals surface area contributed by atoms with Gasteiger partial charge in [-0.2, -0.15) is 0 Å². The lowest BCUT2D eigenvalue weighted by molar-refractivity contribution is -0.137. The zero-order valence-electron chi connectivity index (χ0n) is 9.09. The molecule has 1 amide bonds. The van der Waals surface area contributed by atoms with E-state index in [1.165, 1.54) is 11.0 Å². The predicted octanol–water partition coefficient (Wildman–Crippen LogP) is 0.468. The van der Waals surface area contributed by atoms with Gasteiger partial charge in [-0.05, 0) is 6.42 Å². The summed E-state index contributed by atoms with van der Waals surface area (Å²) in [6.45, 7) is 3.70. The summed E-state index contributed by atoms with van der Waals surface area (Å²) in [5.74, 6) is -0.914. The summed E-state index contributed by atoms with van der Waals surface area (Å²) in [5.41, 5.74) is 0. The third-order valence-corrected chi connectivity index (χ3v) is 1.77. The molecule has 0 spiro atoms. The van der Waals surface area contributed by atoms with Crippen LogP contribution in [-0.2, 0) is 9.53 Å². The summed E-state index contributed by atoms with van der Waals surface area (Å²) in [6, 6.07) is 0. The number of aliphatic hydroxyl groups excluding tert-OH is 1. The molecule has 0 heterocycles. The van der Waals surface area contributed by atoms with Crippen molar-refractivity contribution in [3.8, 4) is 0 Å². The van der Waals surface area contributed by atoms with E-state index in [1.807, 2.05) is 0 Å². The first kappa shape index (κ1) is 14.4. The van der Waals surface area contributed by atoms with Crippen LogP contribution in [0.4, 0.5) is 4.79 Å². The summed E-state index contributed by atoms with van der Waals surface area (Å²) < 4.78 is 4.77. The zero-order chi connectivity index (χ0) is 12.4. The molecule has 0 unspecified atom stereocenters. The molecule has 0 aromatic heterocycles. The molecule has 6 nitrogen and oxygen atoms in total. The number of nitrogens with zero attached hydrogens (tertiary/aromatic N) is 1. The molecular weight excluding hydrogens is 214 g/mol. The number of hydrogen-bond donors (Lipinski definition) is 2. The van der Waals surface area contributed by atoms with Crippen molar-refractivity contribution in [3.05, 3.63) is 12.7 Å². The summed E-state index contributed by atoms with van der Waals surface area (Å²) in [5, 5.41) is 17.2. The normalized spacial score (nSPS) is 9.56. The van der Waals surface area contributed by atoms with Gasteiger partial charge in [0.1, 0.15) is 6.61 Å². The summed E-state index contributed by atoms with van der Waals surface area (Å²) in [6.07, 6.45) is 1.18. The summed E-state index contributed by atoms with van der Waals surface area (Å²) >= 11 is 0. The highest BCUT2D eigenvalue weighted by atomic mass is 16.6. The van der Waals surface area contributed by atoms with Gasteiger partial charge >= 0.3 is 12.1 Å². The van der Waals surface area contributed by atoms with Gasteiger partial charge in [0.2, 0.25) is 0 Å². The second-order valence-corrected chi connectivity index (χ2v) is 3.07. The molecule has 0 aliphatic rings. The van der Waals surface area contributed by atoms with Crippen molar-refractivity contribution < 1.29 is 24.5 Å². The molecule has 0 rings (SSSR count). The van der Waals surface area contributed by atoms with Crippen molar-refractivity contribution >= 4 is 12.1 Å². The Morgan fingerprint density at radius 3 is 2.56 bits per heavy atom. The maximum absolute atomic E-state index is 11.4. The van der Waals surface area contributed by atoms with Crippen LogP contribution in [-0.4, -0.2) is 53.5 Å². The van der Waals surface area contributed by atoms with Crippen LogP contribution in [0.5, 0.6) is 0 Å². The quantitative estimate of drug-likeness (QED) is 0.593. The average Bonchev–Trinajstić information content (AvgIpc) is 2.24.